The van der Waals surface area contributed by atoms with Gasteiger partial charge >= 0.3 is 5.97 Å². The largest absolute Gasteiger partial charge is 0.469 e. The number of aryl methyl sites for hydroxylation is 1. The van der Waals surface area contributed by atoms with E-state index >= 15 is 0 Å². The summed E-state index contributed by atoms with van der Waals surface area (Å²) in [5.74, 6) is -1.38. The van der Waals surface area contributed by atoms with Crippen molar-refractivity contribution in [2.75, 3.05) is 19.0 Å². The smallest absolute Gasteiger partial charge is 0.305 e. The highest BCUT2D eigenvalue weighted by molar-refractivity contribution is 6.53. The minimum Gasteiger partial charge on any atom is -0.469 e. The summed E-state index contributed by atoms with van der Waals surface area (Å²) in [5.41, 5.74) is 3.32. The molecule has 3 N–H and O–H groups in total. The number of amides is 2. The van der Waals surface area contributed by atoms with Gasteiger partial charge in [-0.1, -0.05) is 6.42 Å². The van der Waals surface area contributed by atoms with Gasteiger partial charge in [0, 0.05) is 24.2 Å². The summed E-state index contributed by atoms with van der Waals surface area (Å²) in [4.78, 5) is 38.9. The molecule has 0 unspecified atom stereocenters. The Morgan fingerprint density at radius 1 is 1.21 bits per heavy atom. The number of aromatic amines is 1. The number of nitrogens with zero attached hydrogens (tertiary/aromatic N) is 2. The van der Waals surface area contributed by atoms with Crippen LogP contribution in [0.5, 0.6) is 0 Å². The van der Waals surface area contributed by atoms with Crippen molar-refractivity contribution < 1.29 is 23.5 Å². The summed E-state index contributed by atoms with van der Waals surface area (Å²) in [6, 6.07) is 3.95. The SMILES string of the molecule is COC(=O)CCCCCNC(=O)c1c(C)[nH]c(/C=N/N=C2\C(=O)Nc3ccc(F)cc32)c1C. The molecule has 33 heavy (non-hydrogen) atoms. The number of hydrogen-bond donors (Lipinski definition) is 3. The number of carbonyl (C=O) groups excluding carboxylic acids is 3. The van der Waals surface area contributed by atoms with Gasteiger partial charge in [-0.25, -0.2) is 4.39 Å². The van der Waals surface area contributed by atoms with E-state index in [0.717, 1.165) is 12.8 Å². The van der Waals surface area contributed by atoms with E-state index in [1.165, 1.54) is 31.5 Å². The Morgan fingerprint density at radius 2 is 2.00 bits per heavy atom. The van der Waals surface area contributed by atoms with E-state index in [2.05, 4.69) is 30.6 Å². The quantitative estimate of drug-likeness (QED) is 0.233. The van der Waals surface area contributed by atoms with E-state index in [1.807, 2.05) is 0 Å². The first-order valence-electron chi connectivity index (χ1n) is 10.6. The summed E-state index contributed by atoms with van der Waals surface area (Å²) in [5, 5.41) is 13.4. The molecule has 1 aliphatic rings. The molecule has 0 atom stereocenters. The number of rotatable bonds is 9. The number of halogens is 1. The van der Waals surface area contributed by atoms with Crippen molar-refractivity contribution in [3.8, 4) is 0 Å². The third-order valence-corrected chi connectivity index (χ3v) is 5.32. The first-order valence-corrected chi connectivity index (χ1v) is 10.6. The van der Waals surface area contributed by atoms with Crippen LogP contribution in [0.15, 0.2) is 28.4 Å². The molecule has 10 heteroatoms. The number of ether oxygens (including phenoxy) is 1. The number of hydrogen-bond acceptors (Lipinski definition) is 6. The molecule has 1 aromatic heterocycles. The molecule has 0 saturated heterocycles. The fraction of sp³-hybridized carbons (Fsp3) is 0.348. The molecule has 0 saturated carbocycles. The zero-order valence-electron chi connectivity index (χ0n) is 18.8. The first-order chi connectivity index (χ1) is 15.8. The summed E-state index contributed by atoms with van der Waals surface area (Å²) < 4.78 is 18.1. The standard InChI is InChI=1S/C23H26FN5O4/c1-13-18(12-26-29-21-16-11-15(24)8-9-17(16)28-23(21)32)27-14(2)20(13)22(31)25-10-6-4-5-7-19(30)33-3/h8-9,11-12,27H,4-7,10H2,1-3H3,(H,25,31)(H,28,29,32)/b26-12+. The van der Waals surface area contributed by atoms with Crippen LogP contribution >= 0.6 is 0 Å². The van der Waals surface area contributed by atoms with Crippen LogP contribution in [-0.4, -0.2) is 48.3 Å². The van der Waals surface area contributed by atoms with E-state index in [9.17, 15) is 18.8 Å². The zero-order chi connectivity index (χ0) is 24.0. The Morgan fingerprint density at radius 3 is 2.76 bits per heavy atom. The molecular weight excluding hydrogens is 429 g/mol. The van der Waals surface area contributed by atoms with Crippen LogP contribution in [0.25, 0.3) is 0 Å². The van der Waals surface area contributed by atoms with Gasteiger partial charge in [0.05, 0.1) is 30.3 Å². The summed E-state index contributed by atoms with van der Waals surface area (Å²) in [6.07, 6.45) is 4.06. The molecule has 0 radical (unpaired) electrons. The van der Waals surface area contributed by atoms with Crippen LogP contribution in [0, 0.1) is 19.7 Å². The topological polar surface area (TPSA) is 125 Å². The van der Waals surface area contributed by atoms with Crippen molar-refractivity contribution in [1.82, 2.24) is 10.3 Å². The monoisotopic (exact) mass is 455 g/mol. The zero-order valence-corrected chi connectivity index (χ0v) is 18.8. The van der Waals surface area contributed by atoms with Crippen LogP contribution in [-0.2, 0) is 14.3 Å². The second kappa shape index (κ2) is 10.7. The van der Waals surface area contributed by atoms with E-state index in [-0.39, 0.29) is 17.6 Å². The molecule has 0 bridgehead atoms. The lowest BCUT2D eigenvalue weighted by Crippen LogP contribution is -2.25. The predicted molar refractivity (Wildman–Crippen MR) is 122 cm³/mol. The van der Waals surface area contributed by atoms with Crippen molar-refractivity contribution in [1.29, 1.82) is 0 Å². The molecular formula is C23H26FN5O4. The highest BCUT2D eigenvalue weighted by atomic mass is 19.1. The van der Waals surface area contributed by atoms with E-state index < -0.39 is 11.7 Å². The van der Waals surface area contributed by atoms with Gasteiger partial charge in [-0.05, 0) is 50.5 Å². The molecule has 0 aliphatic carbocycles. The number of esters is 1. The maximum absolute atomic E-state index is 13.5. The Bertz CT molecular complexity index is 1140. The van der Waals surface area contributed by atoms with Gasteiger partial charge < -0.3 is 20.4 Å². The first kappa shape index (κ1) is 23.8. The highest BCUT2D eigenvalue weighted by Gasteiger charge is 2.26. The number of unbranched alkanes of at least 4 members (excludes halogenated alkanes) is 2. The van der Waals surface area contributed by atoms with Crippen molar-refractivity contribution >= 4 is 35.4 Å². The van der Waals surface area contributed by atoms with E-state index in [0.29, 0.717) is 53.2 Å². The minimum absolute atomic E-state index is 0.0202. The average Bonchev–Trinajstić information content (AvgIpc) is 3.24. The second-order valence-corrected chi connectivity index (χ2v) is 7.64. The highest BCUT2D eigenvalue weighted by Crippen LogP contribution is 2.24. The molecule has 2 heterocycles. The van der Waals surface area contributed by atoms with Crippen molar-refractivity contribution in [3.63, 3.8) is 0 Å². The number of nitrogens with one attached hydrogen (secondary N) is 3. The number of carbonyl (C=O) groups is 3. The van der Waals surface area contributed by atoms with Gasteiger partial charge in [-0.2, -0.15) is 5.10 Å². The van der Waals surface area contributed by atoms with Gasteiger partial charge in [0.15, 0.2) is 5.71 Å². The van der Waals surface area contributed by atoms with Gasteiger partial charge in [0.2, 0.25) is 0 Å². The number of fused-ring (bicyclic) bond motifs is 1. The Labute approximate surface area is 190 Å². The molecule has 174 valence electrons. The van der Waals surface area contributed by atoms with Crippen molar-refractivity contribution in [2.45, 2.75) is 39.5 Å². The third kappa shape index (κ3) is 5.71. The van der Waals surface area contributed by atoms with Gasteiger partial charge in [0.1, 0.15) is 5.82 Å². The summed E-state index contributed by atoms with van der Waals surface area (Å²) >= 11 is 0. The molecule has 0 spiro atoms. The summed E-state index contributed by atoms with van der Waals surface area (Å²) in [6.45, 7) is 4.06. The maximum atomic E-state index is 13.5. The van der Waals surface area contributed by atoms with Crippen LogP contribution in [0.1, 0.15) is 58.6 Å². The number of benzene rings is 1. The lowest BCUT2D eigenvalue weighted by atomic mass is 10.1. The lowest BCUT2D eigenvalue weighted by Gasteiger charge is -2.06. The van der Waals surface area contributed by atoms with Crippen LogP contribution in [0.4, 0.5) is 10.1 Å². The fourth-order valence-electron chi connectivity index (χ4n) is 3.58. The predicted octanol–water partition coefficient (Wildman–Crippen LogP) is 3.01. The Hall–Kier alpha value is -3.82. The molecule has 1 aromatic carbocycles. The number of H-pyrrole nitrogens is 1. The van der Waals surface area contributed by atoms with Crippen LogP contribution in [0.3, 0.4) is 0 Å². The van der Waals surface area contributed by atoms with E-state index in [1.54, 1.807) is 13.8 Å². The Kier molecular flexibility index (Phi) is 7.70. The summed E-state index contributed by atoms with van der Waals surface area (Å²) in [7, 11) is 1.36. The molecule has 9 nitrogen and oxygen atoms in total. The maximum Gasteiger partial charge on any atom is 0.305 e. The second-order valence-electron chi connectivity index (χ2n) is 7.64. The number of anilines is 1. The molecule has 1 aliphatic heterocycles. The third-order valence-electron chi connectivity index (χ3n) is 5.32. The molecule has 2 aromatic rings. The van der Waals surface area contributed by atoms with E-state index in [4.69, 9.17) is 0 Å². The van der Waals surface area contributed by atoms with Crippen molar-refractivity contribution in [3.05, 3.63) is 52.1 Å². The average molecular weight is 455 g/mol. The molecule has 2 amide bonds. The lowest BCUT2D eigenvalue weighted by molar-refractivity contribution is -0.140. The molecule has 0 fully saturated rings. The number of methoxy groups -OCH3 is 1. The fourth-order valence-corrected chi connectivity index (χ4v) is 3.58. The Balaban J connectivity index is 1.61. The van der Waals surface area contributed by atoms with Gasteiger partial charge in [0.25, 0.3) is 11.8 Å². The van der Waals surface area contributed by atoms with Gasteiger partial charge in [-0.15, -0.1) is 5.10 Å². The van der Waals surface area contributed by atoms with Gasteiger partial charge in [-0.3, -0.25) is 14.4 Å². The normalized spacial score (nSPS) is 13.9. The number of aromatic nitrogens is 1. The van der Waals surface area contributed by atoms with Crippen molar-refractivity contribution in [2.24, 2.45) is 10.2 Å². The minimum atomic E-state index is -0.475. The van der Waals surface area contributed by atoms with Crippen LogP contribution in [0.2, 0.25) is 0 Å². The molecule has 3 rings (SSSR count). The van der Waals surface area contributed by atoms with Crippen LogP contribution < -0.4 is 10.6 Å².